The number of anilines is 2. The van der Waals surface area contributed by atoms with Crippen molar-refractivity contribution in [2.24, 2.45) is 17.8 Å². The number of rotatable bonds is 8. The number of hydrogen-bond acceptors (Lipinski definition) is 5. The zero-order valence-corrected chi connectivity index (χ0v) is 13.5. The van der Waals surface area contributed by atoms with E-state index in [0.717, 1.165) is 6.54 Å². The van der Waals surface area contributed by atoms with Crippen molar-refractivity contribution in [3.63, 3.8) is 0 Å². The molecule has 1 aromatic rings. The largest absolute Gasteiger partial charge is 0.370 e. The number of nitro groups is 1. The normalized spacial score (nSPS) is 11.2. The highest BCUT2D eigenvalue weighted by molar-refractivity contribution is 5.54. The predicted octanol–water partition coefficient (Wildman–Crippen LogP) is 3.76. The van der Waals surface area contributed by atoms with E-state index in [9.17, 15) is 10.1 Å². The summed E-state index contributed by atoms with van der Waals surface area (Å²) in [6.07, 6.45) is 0. The minimum absolute atomic E-state index is 0.0501. The van der Waals surface area contributed by atoms with E-state index in [0.29, 0.717) is 35.9 Å². The van der Waals surface area contributed by atoms with Crippen molar-refractivity contribution in [2.45, 2.75) is 34.6 Å². The minimum atomic E-state index is -0.393. The van der Waals surface area contributed by atoms with Crippen LogP contribution in [-0.4, -0.2) is 23.0 Å². The van der Waals surface area contributed by atoms with Gasteiger partial charge in [0.05, 0.1) is 17.1 Å². The quantitative estimate of drug-likeness (QED) is 0.563. The molecule has 21 heavy (non-hydrogen) atoms. The summed E-state index contributed by atoms with van der Waals surface area (Å²) in [5, 5.41) is 17.3. The standard InChI is InChI=1S/C15H26N4O2/c1-6-16-14-7-12(19(20)21)8-15(18-14)17-9-13(10(2)3)11(4)5/h7-8,10-11,13H,6,9H2,1-5H3,(H2,16,17,18). The van der Waals surface area contributed by atoms with Gasteiger partial charge in [-0.25, -0.2) is 4.98 Å². The third-order valence-electron chi connectivity index (χ3n) is 3.61. The Morgan fingerprint density at radius 1 is 1.14 bits per heavy atom. The Balaban J connectivity index is 2.88. The first kappa shape index (κ1) is 17.2. The molecule has 0 saturated carbocycles. The van der Waals surface area contributed by atoms with Crippen LogP contribution in [0.4, 0.5) is 17.3 Å². The van der Waals surface area contributed by atoms with E-state index < -0.39 is 4.92 Å². The minimum Gasteiger partial charge on any atom is -0.370 e. The number of hydrogen-bond donors (Lipinski definition) is 2. The summed E-state index contributed by atoms with van der Waals surface area (Å²) >= 11 is 0. The molecule has 0 unspecified atom stereocenters. The van der Waals surface area contributed by atoms with Gasteiger partial charge < -0.3 is 10.6 Å². The first-order valence-electron chi connectivity index (χ1n) is 7.49. The Bertz CT molecular complexity index is 467. The van der Waals surface area contributed by atoms with E-state index in [1.807, 2.05) is 6.92 Å². The van der Waals surface area contributed by atoms with Gasteiger partial charge in [-0.3, -0.25) is 10.1 Å². The summed E-state index contributed by atoms with van der Waals surface area (Å²) < 4.78 is 0. The third-order valence-corrected chi connectivity index (χ3v) is 3.61. The van der Waals surface area contributed by atoms with Crippen molar-refractivity contribution >= 4 is 17.3 Å². The summed E-state index contributed by atoms with van der Waals surface area (Å²) in [6, 6.07) is 2.94. The molecule has 1 rings (SSSR count). The van der Waals surface area contributed by atoms with Gasteiger partial charge in [-0.1, -0.05) is 27.7 Å². The van der Waals surface area contributed by atoms with Crippen molar-refractivity contribution < 1.29 is 4.92 Å². The van der Waals surface area contributed by atoms with E-state index in [4.69, 9.17) is 0 Å². The van der Waals surface area contributed by atoms with Gasteiger partial charge in [-0.2, -0.15) is 0 Å². The van der Waals surface area contributed by atoms with Gasteiger partial charge >= 0.3 is 0 Å². The lowest BCUT2D eigenvalue weighted by Gasteiger charge is -2.25. The van der Waals surface area contributed by atoms with Crippen LogP contribution in [0, 0.1) is 27.9 Å². The SMILES string of the molecule is CCNc1cc([N+](=O)[O-])cc(NCC(C(C)C)C(C)C)n1. The van der Waals surface area contributed by atoms with Gasteiger partial charge in [-0.05, 0) is 24.7 Å². The van der Waals surface area contributed by atoms with Gasteiger partial charge in [0.1, 0.15) is 11.6 Å². The van der Waals surface area contributed by atoms with Crippen LogP contribution < -0.4 is 10.6 Å². The lowest BCUT2D eigenvalue weighted by atomic mass is 9.85. The van der Waals surface area contributed by atoms with Crippen LogP contribution in [-0.2, 0) is 0 Å². The summed E-state index contributed by atoms with van der Waals surface area (Å²) in [5.74, 6) is 2.66. The zero-order valence-electron chi connectivity index (χ0n) is 13.5. The second-order valence-electron chi connectivity index (χ2n) is 5.92. The maximum Gasteiger partial charge on any atom is 0.276 e. The number of nitrogens with one attached hydrogen (secondary N) is 2. The molecular formula is C15H26N4O2. The lowest BCUT2D eigenvalue weighted by Crippen LogP contribution is -2.25. The van der Waals surface area contributed by atoms with Gasteiger partial charge in [0.25, 0.3) is 5.69 Å². The zero-order chi connectivity index (χ0) is 16.0. The monoisotopic (exact) mass is 294 g/mol. The smallest absolute Gasteiger partial charge is 0.276 e. The van der Waals surface area contributed by atoms with Gasteiger partial charge in [0, 0.05) is 13.1 Å². The van der Waals surface area contributed by atoms with E-state index in [-0.39, 0.29) is 5.69 Å². The lowest BCUT2D eigenvalue weighted by molar-refractivity contribution is -0.384. The van der Waals surface area contributed by atoms with Gasteiger partial charge in [0.15, 0.2) is 0 Å². The van der Waals surface area contributed by atoms with Gasteiger partial charge in [0.2, 0.25) is 0 Å². The molecule has 2 N–H and O–H groups in total. The Labute approximate surface area is 126 Å². The summed E-state index contributed by atoms with van der Waals surface area (Å²) in [5.41, 5.74) is 0.0501. The first-order chi connectivity index (χ1) is 9.85. The average Bonchev–Trinajstić information content (AvgIpc) is 2.38. The van der Waals surface area contributed by atoms with E-state index >= 15 is 0 Å². The third kappa shape index (κ3) is 5.21. The van der Waals surface area contributed by atoms with Crippen molar-refractivity contribution in [3.05, 3.63) is 22.2 Å². The Morgan fingerprint density at radius 2 is 1.67 bits per heavy atom. The molecule has 0 radical (unpaired) electrons. The molecule has 0 aliphatic carbocycles. The molecule has 0 fully saturated rings. The predicted molar refractivity (Wildman–Crippen MR) is 86.7 cm³/mol. The number of nitrogens with zero attached hydrogens (tertiary/aromatic N) is 2. The molecular weight excluding hydrogens is 268 g/mol. The summed E-state index contributed by atoms with van der Waals surface area (Å²) in [4.78, 5) is 15.0. The van der Waals surface area contributed by atoms with E-state index in [2.05, 4.69) is 43.3 Å². The highest BCUT2D eigenvalue weighted by atomic mass is 16.6. The van der Waals surface area contributed by atoms with Crippen LogP contribution in [0.25, 0.3) is 0 Å². The van der Waals surface area contributed by atoms with E-state index in [1.54, 1.807) is 0 Å². The molecule has 6 nitrogen and oxygen atoms in total. The van der Waals surface area contributed by atoms with Crippen molar-refractivity contribution in [2.75, 3.05) is 23.7 Å². The fourth-order valence-corrected chi connectivity index (χ4v) is 2.45. The molecule has 1 heterocycles. The van der Waals surface area contributed by atoms with Crippen LogP contribution in [0.2, 0.25) is 0 Å². The summed E-state index contributed by atoms with van der Waals surface area (Å²) in [6.45, 7) is 12.1. The van der Waals surface area contributed by atoms with E-state index in [1.165, 1.54) is 12.1 Å². The van der Waals surface area contributed by atoms with Crippen molar-refractivity contribution in [1.29, 1.82) is 0 Å². The highest BCUT2D eigenvalue weighted by Gasteiger charge is 2.18. The molecule has 0 spiro atoms. The van der Waals surface area contributed by atoms with Crippen LogP contribution in [0.15, 0.2) is 12.1 Å². The van der Waals surface area contributed by atoms with Gasteiger partial charge in [-0.15, -0.1) is 0 Å². The Hall–Kier alpha value is -1.85. The van der Waals surface area contributed by atoms with Crippen LogP contribution in [0.5, 0.6) is 0 Å². The summed E-state index contributed by atoms with van der Waals surface area (Å²) in [7, 11) is 0. The molecule has 0 aromatic carbocycles. The maximum absolute atomic E-state index is 11.0. The molecule has 0 bridgehead atoms. The maximum atomic E-state index is 11.0. The number of pyridine rings is 1. The highest BCUT2D eigenvalue weighted by Crippen LogP contribution is 2.24. The van der Waals surface area contributed by atoms with Crippen molar-refractivity contribution in [3.8, 4) is 0 Å². The Kier molecular flexibility index (Phi) is 6.39. The molecule has 0 saturated heterocycles. The molecule has 0 aliphatic rings. The fourth-order valence-electron chi connectivity index (χ4n) is 2.45. The second kappa shape index (κ2) is 7.81. The average molecular weight is 294 g/mol. The van der Waals surface area contributed by atoms with Crippen molar-refractivity contribution in [1.82, 2.24) is 4.98 Å². The first-order valence-corrected chi connectivity index (χ1v) is 7.49. The molecule has 118 valence electrons. The molecule has 0 amide bonds. The molecule has 0 atom stereocenters. The van der Waals surface area contributed by atoms with Crippen LogP contribution in [0.3, 0.4) is 0 Å². The number of aromatic nitrogens is 1. The fraction of sp³-hybridized carbons (Fsp3) is 0.667. The molecule has 0 aliphatic heterocycles. The topological polar surface area (TPSA) is 80.1 Å². The van der Waals surface area contributed by atoms with Crippen LogP contribution >= 0.6 is 0 Å². The van der Waals surface area contributed by atoms with Crippen LogP contribution in [0.1, 0.15) is 34.6 Å². The molecule has 1 aromatic heterocycles. The molecule has 6 heteroatoms. The Morgan fingerprint density at radius 3 is 2.10 bits per heavy atom. The second-order valence-corrected chi connectivity index (χ2v) is 5.92.